The molecule has 4 heterocycles. The molecule has 1 N–H and O–H groups in total. The Morgan fingerprint density at radius 1 is 0.485 bits per heavy atom. The number of hydrogen-bond donors (Lipinski definition) is 1. The van der Waals surface area contributed by atoms with Crippen LogP contribution in [-0.2, 0) is 10.8 Å². The van der Waals surface area contributed by atoms with Gasteiger partial charge in [0.1, 0.15) is 0 Å². The van der Waals surface area contributed by atoms with Crippen LogP contribution in [0.15, 0.2) is 200 Å². The topological polar surface area (TPSA) is 54.7 Å². The average molecular weight is 881 g/mol. The van der Waals surface area contributed by atoms with E-state index in [9.17, 15) is 0 Å². The highest BCUT2D eigenvalue weighted by Crippen LogP contribution is 2.48. The van der Waals surface area contributed by atoms with Gasteiger partial charge in [-0.05, 0) is 124 Å². The van der Waals surface area contributed by atoms with Crippen LogP contribution in [0.2, 0.25) is 0 Å². The van der Waals surface area contributed by atoms with Gasteiger partial charge >= 0.3 is 0 Å². The van der Waals surface area contributed by atoms with Gasteiger partial charge in [0.15, 0.2) is 5.82 Å². The van der Waals surface area contributed by atoms with Gasteiger partial charge in [-0.1, -0.05) is 145 Å². The molecule has 0 bridgehead atoms. The number of H-pyrrole nitrogens is 1. The van der Waals surface area contributed by atoms with Crippen molar-refractivity contribution in [2.75, 3.05) is 4.90 Å². The van der Waals surface area contributed by atoms with E-state index in [0.717, 1.165) is 94.7 Å². The predicted octanol–water partition coefficient (Wildman–Crippen LogP) is 16.6. The van der Waals surface area contributed by atoms with Crippen LogP contribution < -0.4 is 4.90 Å². The second kappa shape index (κ2) is 15.7. The fourth-order valence-electron chi connectivity index (χ4n) is 10.1. The summed E-state index contributed by atoms with van der Waals surface area (Å²) in [6.45, 7) is 13.7. The van der Waals surface area contributed by atoms with Gasteiger partial charge in [0.05, 0.1) is 39.1 Å². The molecule has 0 radical (unpaired) electrons. The lowest BCUT2D eigenvalue weighted by atomic mass is 9.84. The molecule has 0 unspecified atom stereocenters. The van der Waals surface area contributed by atoms with E-state index in [1.807, 2.05) is 6.20 Å². The average Bonchev–Trinajstić information content (AvgIpc) is 4.04. The van der Waals surface area contributed by atoms with E-state index in [1.54, 1.807) is 0 Å². The fourth-order valence-corrected chi connectivity index (χ4v) is 10.1. The zero-order valence-electron chi connectivity index (χ0n) is 39.3. The molecule has 0 atom stereocenters. The monoisotopic (exact) mass is 880 g/mol. The Hall–Kier alpha value is -8.22. The zero-order chi connectivity index (χ0) is 46.3. The second-order valence-electron chi connectivity index (χ2n) is 20.1. The van der Waals surface area contributed by atoms with Gasteiger partial charge in [-0.2, -0.15) is 0 Å². The standard InChI is InChI=1S/C62H52N6/c1-61(2,3)43-30-31-51-49(37-43)50-38-44(62(4,5)6)39-57(59(50)64-51)68-54-29-19-17-27-48(54)60(65-68)67(46-24-14-9-15-25-46)56-36-42(52-34-41(32-33-63-52)40-20-10-7-11-21-40)35-55-58(56)47-26-16-18-28-53(47)66(55)45-22-12-8-13-23-45/h7-39,64H,1-6H3. The molecule has 6 heteroatoms. The van der Waals surface area contributed by atoms with Gasteiger partial charge in [-0.25, -0.2) is 4.68 Å². The molecule has 0 spiro atoms. The summed E-state index contributed by atoms with van der Waals surface area (Å²) < 4.78 is 4.58. The van der Waals surface area contributed by atoms with Gasteiger partial charge in [-0.3, -0.25) is 9.88 Å². The van der Waals surface area contributed by atoms with Crippen molar-refractivity contribution in [1.82, 2.24) is 24.3 Å². The Bertz CT molecular complexity index is 3860. The van der Waals surface area contributed by atoms with Crippen molar-refractivity contribution >= 4 is 71.7 Å². The summed E-state index contributed by atoms with van der Waals surface area (Å²) in [6, 6.07) is 70.0. The van der Waals surface area contributed by atoms with Crippen LogP contribution in [0.5, 0.6) is 0 Å². The highest BCUT2D eigenvalue weighted by Gasteiger charge is 2.28. The third-order valence-corrected chi connectivity index (χ3v) is 13.6. The van der Waals surface area contributed by atoms with Crippen molar-refractivity contribution in [3.8, 4) is 33.8 Å². The maximum atomic E-state index is 5.82. The van der Waals surface area contributed by atoms with E-state index in [2.05, 4.69) is 255 Å². The quantitative estimate of drug-likeness (QED) is 0.173. The molecule has 4 aromatic heterocycles. The summed E-state index contributed by atoms with van der Waals surface area (Å²) in [5, 5.41) is 11.5. The number of nitrogens with one attached hydrogen (secondary N) is 1. The number of aromatic amines is 1. The second-order valence-corrected chi connectivity index (χ2v) is 20.1. The van der Waals surface area contributed by atoms with Crippen molar-refractivity contribution in [1.29, 1.82) is 0 Å². The Kier molecular flexibility index (Phi) is 9.52. The number of anilines is 3. The number of benzene rings is 8. The SMILES string of the molecule is CC(C)(C)c1ccc2[nH]c3c(-n4nc(N(c5ccccc5)c5cc(-c6cc(-c7ccccc7)ccn6)cc6c5c5ccccc5n6-c5ccccc5)c5ccccc54)cc(C(C)(C)C)cc3c2c1. The van der Waals surface area contributed by atoms with Crippen LogP contribution in [0, 0.1) is 0 Å². The molecule has 0 amide bonds. The van der Waals surface area contributed by atoms with E-state index in [1.165, 1.54) is 21.9 Å². The highest BCUT2D eigenvalue weighted by atomic mass is 15.4. The summed E-state index contributed by atoms with van der Waals surface area (Å²) in [5.41, 5.74) is 16.1. The molecule has 68 heavy (non-hydrogen) atoms. The molecule has 0 saturated heterocycles. The van der Waals surface area contributed by atoms with Gasteiger partial charge in [0.2, 0.25) is 0 Å². The largest absolute Gasteiger partial charge is 0.353 e. The lowest BCUT2D eigenvalue weighted by molar-refractivity contribution is 0.590. The molecule has 330 valence electrons. The number of fused-ring (bicyclic) bond motifs is 7. The van der Waals surface area contributed by atoms with Crippen LogP contribution in [0.4, 0.5) is 17.2 Å². The van der Waals surface area contributed by atoms with Crippen molar-refractivity contribution in [2.24, 2.45) is 0 Å². The normalized spacial score (nSPS) is 12.3. The van der Waals surface area contributed by atoms with Gasteiger partial charge < -0.3 is 9.55 Å². The predicted molar refractivity (Wildman–Crippen MR) is 286 cm³/mol. The summed E-state index contributed by atoms with van der Waals surface area (Å²) >= 11 is 0. The van der Waals surface area contributed by atoms with Crippen molar-refractivity contribution in [3.05, 3.63) is 211 Å². The Morgan fingerprint density at radius 2 is 1.13 bits per heavy atom. The summed E-state index contributed by atoms with van der Waals surface area (Å²) in [5.74, 6) is 0.827. The van der Waals surface area contributed by atoms with Crippen LogP contribution in [0.3, 0.4) is 0 Å². The Morgan fingerprint density at radius 3 is 1.87 bits per heavy atom. The number of hydrogen-bond acceptors (Lipinski definition) is 3. The number of nitrogens with zero attached hydrogens (tertiary/aromatic N) is 5. The van der Waals surface area contributed by atoms with Gasteiger partial charge in [0, 0.05) is 55.6 Å². The maximum absolute atomic E-state index is 5.82. The smallest absolute Gasteiger partial charge is 0.168 e. The molecule has 0 saturated carbocycles. The van der Waals surface area contributed by atoms with Gasteiger partial charge in [0.25, 0.3) is 0 Å². The molecule has 12 aromatic rings. The van der Waals surface area contributed by atoms with Crippen molar-refractivity contribution in [3.63, 3.8) is 0 Å². The number of aromatic nitrogens is 5. The molecule has 6 nitrogen and oxygen atoms in total. The highest BCUT2D eigenvalue weighted by molar-refractivity contribution is 6.18. The van der Waals surface area contributed by atoms with Crippen molar-refractivity contribution in [2.45, 2.75) is 52.4 Å². The summed E-state index contributed by atoms with van der Waals surface area (Å²) in [7, 11) is 0. The number of pyridine rings is 1. The molecule has 8 aromatic carbocycles. The third-order valence-electron chi connectivity index (χ3n) is 13.6. The minimum absolute atomic E-state index is 0.00706. The lowest BCUT2D eigenvalue weighted by Gasteiger charge is -2.25. The van der Waals surface area contributed by atoms with Gasteiger partial charge in [-0.15, -0.1) is 5.10 Å². The lowest BCUT2D eigenvalue weighted by Crippen LogP contribution is -2.13. The molecule has 0 aliphatic carbocycles. The minimum Gasteiger partial charge on any atom is -0.353 e. The van der Waals surface area contributed by atoms with Crippen LogP contribution in [0.1, 0.15) is 52.7 Å². The van der Waals surface area contributed by atoms with E-state index in [-0.39, 0.29) is 10.8 Å². The first-order valence-electron chi connectivity index (χ1n) is 23.6. The Labute approximate surface area is 396 Å². The first-order valence-corrected chi connectivity index (χ1v) is 23.6. The molecular formula is C62H52N6. The molecule has 12 rings (SSSR count). The molecule has 0 fully saturated rings. The minimum atomic E-state index is -0.124. The first kappa shape index (κ1) is 41.2. The maximum Gasteiger partial charge on any atom is 0.168 e. The van der Waals surface area contributed by atoms with Crippen molar-refractivity contribution < 1.29 is 0 Å². The fraction of sp³-hybridized carbons (Fsp3) is 0.129. The van der Waals surface area contributed by atoms with E-state index < -0.39 is 0 Å². The molecular weight excluding hydrogens is 829 g/mol. The molecule has 0 aliphatic rings. The number of para-hydroxylation sites is 4. The summed E-state index contributed by atoms with van der Waals surface area (Å²) in [6.07, 6.45) is 1.93. The van der Waals surface area contributed by atoms with E-state index in [4.69, 9.17) is 10.1 Å². The van der Waals surface area contributed by atoms with Crippen LogP contribution in [0.25, 0.3) is 88.3 Å². The summed E-state index contributed by atoms with van der Waals surface area (Å²) in [4.78, 5) is 11.3. The van der Waals surface area contributed by atoms with E-state index in [0.29, 0.717) is 0 Å². The van der Waals surface area contributed by atoms with E-state index >= 15 is 0 Å². The Balaban J connectivity index is 1.18. The zero-order valence-corrected chi connectivity index (χ0v) is 39.3. The molecule has 0 aliphatic heterocycles. The third kappa shape index (κ3) is 6.86. The van der Waals surface area contributed by atoms with Crippen LogP contribution >= 0.6 is 0 Å². The number of rotatable bonds is 7. The first-order chi connectivity index (χ1) is 33.0. The van der Waals surface area contributed by atoms with Crippen LogP contribution in [-0.4, -0.2) is 24.3 Å².